The van der Waals surface area contributed by atoms with Crippen molar-refractivity contribution in [2.75, 3.05) is 6.61 Å². The molecule has 0 atom stereocenters. The summed E-state index contributed by atoms with van der Waals surface area (Å²) in [6.07, 6.45) is 0. The SMILES string of the molecule is O=c1c2ccccc2c(-c2cccs2)nn1CCOc1ccccc1. The number of para-hydroxylation sites is 1. The van der Waals surface area contributed by atoms with E-state index < -0.39 is 0 Å². The Hall–Kier alpha value is -2.92. The predicted molar refractivity (Wildman–Crippen MR) is 101 cm³/mol. The lowest BCUT2D eigenvalue weighted by molar-refractivity contribution is 0.288. The number of hydrogen-bond acceptors (Lipinski definition) is 4. The molecular weight excluding hydrogens is 332 g/mol. The van der Waals surface area contributed by atoms with Crippen LogP contribution in [-0.2, 0) is 6.54 Å². The van der Waals surface area contributed by atoms with Gasteiger partial charge in [0.25, 0.3) is 5.56 Å². The molecule has 0 saturated heterocycles. The average molecular weight is 348 g/mol. The van der Waals surface area contributed by atoms with Gasteiger partial charge in [-0.1, -0.05) is 42.5 Å². The van der Waals surface area contributed by atoms with Gasteiger partial charge in [-0.25, -0.2) is 4.68 Å². The summed E-state index contributed by atoms with van der Waals surface area (Å²) < 4.78 is 7.21. The zero-order valence-electron chi connectivity index (χ0n) is 13.5. The molecule has 2 heterocycles. The van der Waals surface area contributed by atoms with Crippen LogP contribution in [0.4, 0.5) is 0 Å². The molecule has 5 heteroatoms. The molecule has 2 aromatic carbocycles. The minimum atomic E-state index is -0.0902. The fourth-order valence-electron chi connectivity index (χ4n) is 2.75. The van der Waals surface area contributed by atoms with Crippen LogP contribution in [-0.4, -0.2) is 16.4 Å². The van der Waals surface area contributed by atoms with Crippen molar-refractivity contribution in [3.05, 3.63) is 82.5 Å². The molecule has 0 radical (unpaired) electrons. The second-order valence-electron chi connectivity index (χ2n) is 5.56. The van der Waals surface area contributed by atoms with Crippen LogP contribution in [0.1, 0.15) is 0 Å². The average Bonchev–Trinajstić information content (AvgIpc) is 3.19. The first-order valence-electron chi connectivity index (χ1n) is 8.04. The van der Waals surface area contributed by atoms with E-state index >= 15 is 0 Å². The summed E-state index contributed by atoms with van der Waals surface area (Å²) in [4.78, 5) is 13.8. The highest BCUT2D eigenvalue weighted by Crippen LogP contribution is 2.28. The third kappa shape index (κ3) is 3.19. The number of thiophene rings is 1. The van der Waals surface area contributed by atoms with Gasteiger partial charge in [-0.3, -0.25) is 4.79 Å². The number of aromatic nitrogens is 2. The molecule has 0 spiro atoms. The number of fused-ring (bicyclic) bond motifs is 1. The monoisotopic (exact) mass is 348 g/mol. The summed E-state index contributed by atoms with van der Waals surface area (Å²) in [5.41, 5.74) is 0.748. The summed E-state index contributed by atoms with van der Waals surface area (Å²) in [5, 5.41) is 8.19. The summed E-state index contributed by atoms with van der Waals surface area (Å²) >= 11 is 1.62. The first kappa shape index (κ1) is 15.6. The van der Waals surface area contributed by atoms with Gasteiger partial charge in [0.15, 0.2) is 0 Å². The molecule has 2 aromatic heterocycles. The minimum absolute atomic E-state index is 0.0902. The van der Waals surface area contributed by atoms with E-state index in [0.29, 0.717) is 18.5 Å². The Morgan fingerprint density at radius 3 is 2.44 bits per heavy atom. The molecular formula is C20H16N2O2S. The third-order valence-corrected chi connectivity index (χ3v) is 4.81. The normalized spacial score (nSPS) is 10.9. The van der Waals surface area contributed by atoms with Crippen LogP contribution in [0.2, 0.25) is 0 Å². The smallest absolute Gasteiger partial charge is 0.274 e. The molecule has 4 nitrogen and oxygen atoms in total. The highest BCUT2D eigenvalue weighted by atomic mass is 32.1. The number of hydrogen-bond donors (Lipinski definition) is 0. The standard InChI is InChI=1S/C20H16N2O2S/c23-20-17-10-5-4-9-16(17)19(18-11-6-14-25-18)21-22(20)12-13-24-15-7-2-1-3-8-15/h1-11,14H,12-13H2. The van der Waals surface area contributed by atoms with Gasteiger partial charge in [0.1, 0.15) is 18.1 Å². The Morgan fingerprint density at radius 2 is 1.68 bits per heavy atom. The van der Waals surface area contributed by atoms with Gasteiger partial charge in [0.05, 0.1) is 16.8 Å². The zero-order chi connectivity index (χ0) is 17.1. The molecule has 124 valence electrons. The van der Waals surface area contributed by atoms with E-state index in [0.717, 1.165) is 21.7 Å². The van der Waals surface area contributed by atoms with Crippen molar-refractivity contribution in [1.82, 2.24) is 9.78 Å². The summed E-state index contributed by atoms with van der Waals surface area (Å²) in [6, 6.07) is 21.2. The highest BCUT2D eigenvalue weighted by molar-refractivity contribution is 7.13. The van der Waals surface area contributed by atoms with E-state index in [-0.39, 0.29) is 5.56 Å². The van der Waals surface area contributed by atoms with Crippen LogP contribution in [0.3, 0.4) is 0 Å². The Kier molecular flexibility index (Phi) is 4.31. The van der Waals surface area contributed by atoms with E-state index in [1.54, 1.807) is 11.3 Å². The largest absolute Gasteiger partial charge is 0.492 e. The fourth-order valence-corrected chi connectivity index (χ4v) is 3.47. The number of nitrogens with zero attached hydrogens (tertiary/aromatic N) is 2. The van der Waals surface area contributed by atoms with Crippen LogP contribution >= 0.6 is 11.3 Å². The van der Waals surface area contributed by atoms with Gasteiger partial charge in [-0.05, 0) is 29.6 Å². The van der Waals surface area contributed by atoms with E-state index in [2.05, 4.69) is 5.10 Å². The van der Waals surface area contributed by atoms with E-state index in [4.69, 9.17) is 4.74 Å². The zero-order valence-corrected chi connectivity index (χ0v) is 14.3. The molecule has 4 rings (SSSR count). The molecule has 0 aliphatic carbocycles. The van der Waals surface area contributed by atoms with Gasteiger partial charge in [-0.15, -0.1) is 11.3 Å². The highest BCUT2D eigenvalue weighted by Gasteiger charge is 2.12. The fraction of sp³-hybridized carbons (Fsp3) is 0.100. The Bertz CT molecular complexity index is 1040. The van der Waals surface area contributed by atoms with Gasteiger partial charge < -0.3 is 4.74 Å². The van der Waals surface area contributed by atoms with Crippen molar-refractivity contribution < 1.29 is 4.74 Å². The van der Waals surface area contributed by atoms with Gasteiger partial charge in [-0.2, -0.15) is 5.10 Å². The quantitative estimate of drug-likeness (QED) is 0.543. The van der Waals surface area contributed by atoms with Crippen molar-refractivity contribution in [2.24, 2.45) is 0 Å². The van der Waals surface area contributed by atoms with Gasteiger partial charge in [0.2, 0.25) is 0 Å². The van der Waals surface area contributed by atoms with Crippen LogP contribution in [0.5, 0.6) is 5.75 Å². The lowest BCUT2D eigenvalue weighted by atomic mass is 10.1. The molecule has 0 unspecified atom stereocenters. The van der Waals surface area contributed by atoms with E-state index in [1.807, 2.05) is 72.1 Å². The number of ether oxygens (including phenoxy) is 1. The molecule has 0 N–H and O–H groups in total. The number of benzene rings is 2. The lowest BCUT2D eigenvalue weighted by Gasteiger charge is -2.11. The Morgan fingerprint density at radius 1 is 0.920 bits per heavy atom. The maximum atomic E-state index is 12.7. The summed E-state index contributed by atoms with van der Waals surface area (Å²) in [7, 11) is 0. The Balaban J connectivity index is 1.69. The Labute approximate surface area is 148 Å². The molecule has 0 aliphatic heterocycles. The molecule has 25 heavy (non-hydrogen) atoms. The molecule has 0 fully saturated rings. The van der Waals surface area contributed by atoms with Crippen LogP contribution in [0.15, 0.2) is 76.9 Å². The van der Waals surface area contributed by atoms with Crippen molar-refractivity contribution in [3.8, 4) is 16.3 Å². The molecule has 0 saturated carbocycles. The lowest BCUT2D eigenvalue weighted by Crippen LogP contribution is -2.26. The van der Waals surface area contributed by atoms with Crippen molar-refractivity contribution in [2.45, 2.75) is 6.54 Å². The molecule has 0 aliphatic rings. The van der Waals surface area contributed by atoms with Crippen molar-refractivity contribution in [3.63, 3.8) is 0 Å². The molecule has 4 aromatic rings. The van der Waals surface area contributed by atoms with Crippen LogP contribution < -0.4 is 10.3 Å². The van der Waals surface area contributed by atoms with E-state index in [1.165, 1.54) is 4.68 Å². The summed E-state index contributed by atoms with van der Waals surface area (Å²) in [6.45, 7) is 0.788. The van der Waals surface area contributed by atoms with Crippen LogP contribution in [0.25, 0.3) is 21.3 Å². The third-order valence-electron chi connectivity index (χ3n) is 3.94. The van der Waals surface area contributed by atoms with Crippen molar-refractivity contribution in [1.29, 1.82) is 0 Å². The van der Waals surface area contributed by atoms with Crippen molar-refractivity contribution >= 4 is 22.1 Å². The molecule has 0 amide bonds. The second kappa shape index (κ2) is 6.91. The molecule has 0 bridgehead atoms. The van der Waals surface area contributed by atoms with E-state index in [9.17, 15) is 4.79 Å². The first-order valence-corrected chi connectivity index (χ1v) is 8.92. The maximum absolute atomic E-state index is 12.7. The predicted octanol–water partition coefficient (Wildman–Crippen LogP) is 4.20. The maximum Gasteiger partial charge on any atom is 0.274 e. The number of rotatable bonds is 5. The van der Waals surface area contributed by atoms with Crippen LogP contribution in [0, 0.1) is 0 Å². The first-order chi connectivity index (χ1) is 12.3. The summed E-state index contributed by atoms with van der Waals surface area (Å²) in [5.74, 6) is 0.787. The topological polar surface area (TPSA) is 44.1 Å². The van der Waals surface area contributed by atoms with Gasteiger partial charge in [0, 0.05) is 5.39 Å². The minimum Gasteiger partial charge on any atom is -0.492 e. The second-order valence-corrected chi connectivity index (χ2v) is 6.51. The van der Waals surface area contributed by atoms with Gasteiger partial charge >= 0.3 is 0 Å².